The molecular weight excluding hydrogens is 632 g/mol. The predicted molar refractivity (Wildman–Crippen MR) is 167 cm³/mol. The molecule has 0 bridgehead atoms. The van der Waals surface area contributed by atoms with Crippen LogP contribution in [-0.2, 0) is 10.1 Å². The Morgan fingerprint density at radius 3 is 1.66 bits per heavy atom. The summed E-state index contributed by atoms with van der Waals surface area (Å²) in [6, 6.07) is 23.4. The first kappa shape index (κ1) is 31.9. The third kappa shape index (κ3) is 7.42. The average Bonchev–Trinajstić information content (AvgIpc) is 3.04. The zero-order chi connectivity index (χ0) is 33.7. The Morgan fingerprint density at radius 1 is 0.553 bits per heavy atom. The normalized spacial score (nSPS) is 11.9. The number of rotatable bonds is 9. The summed E-state index contributed by atoms with van der Waals surface area (Å²) in [6.07, 6.45) is 0. The van der Waals surface area contributed by atoms with E-state index >= 15 is 0 Å². The minimum absolute atomic E-state index is 0.243. The Balaban J connectivity index is 1.30. The molecule has 0 atom stereocenters. The summed E-state index contributed by atoms with van der Waals surface area (Å²) in [4.78, 5) is 10.5. The lowest BCUT2D eigenvalue weighted by atomic mass is 10.1. The lowest BCUT2D eigenvalue weighted by molar-refractivity contribution is 0.0693. The monoisotopic (exact) mass is 654 g/mol. The first-order chi connectivity index (χ1) is 22.4. The number of hydrogen-bond acceptors (Lipinski definition) is 13. The van der Waals surface area contributed by atoms with Gasteiger partial charge in [0.15, 0.2) is 11.4 Å². The summed E-state index contributed by atoms with van der Waals surface area (Å²) >= 11 is 0. The van der Waals surface area contributed by atoms with Gasteiger partial charge < -0.3 is 25.5 Å². The molecule has 0 aliphatic heterocycles. The molecule has 6 N–H and O–H groups in total. The van der Waals surface area contributed by atoms with Crippen LogP contribution in [0, 0.1) is 0 Å². The van der Waals surface area contributed by atoms with Crippen LogP contribution in [-0.4, -0.2) is 44.5 Å². The molecule has 0 heterocycles. The molecule has 15 nitrogen and oxygen atoms in total. The number of aromatic carboxylic acids is 1. The molecule has 0 aliphatic rings. The van der Waals surface area contributed by atoms with E-state index in [1.54, 1.807) is 48.5 Å². The Hall–Kier alpha value is -6.52. The fourth-order valence-corrected chi connectivity index (χ4v) is 4.72. The van der Waals surface area contributed by atoms with E-state index in [0.29, 0.717) is 11.4 Å². The highest BCUT2D eigenvalue weighted by Gasteiger charge is 2.19. The zero-order valence-corrected chi connectivity index (χ0v) is 24.6. The maximum absolute atomic E-state index is 11.6. The number of aromatic hydroxyl groups is 4. The number of carboxylic acid groups (broad SMARTS) is 1. The van der Waals surface area contributed by atoms with Gasteiger partial charge in [0.1, 0.15) is 39.1 Å². The summed E-state index contributed by atoms with van der Waals surface area (Å²) in [5.41, 5.74) is 1.34. The van der Waals surface area contributed by atoms with Crippen molar-refractivity contribution in [1.82, 2.24) is 0 Å². The third-order valence-corrected chi connectivity index (χ3v) is 7.33. The van der Waals surface area contributed by atoms with Crippen molar-refractivity contribution in [2.75, 3.05) is 0 Å². The molecule has 0 unspecified atom stereocenters. The SMILES string of the molecule is O=C(O)c1cc(N=Nc2ccc(-c3ccc(N=Nc4c(O)ccc(N=Nc5c(O)cccc5S(=O)(=O)O)c4O)cc3)cc2)ccc1O. The molecule has 0 saturated heterocycles. The number of carbonyl (C=O) groups is 1. The van der Waals surface area contributed by atoms with Crippen molar-refractivity contribution in [2.24, 2.45) is 30.7 Å². The van der Waals surface area contributed by atoms with Gasteiger partial charge in [0, 0.05) is 0 Å². The number of hydrogen-bond donors (Lipinski definition) is 6. The minimum Gasteiger partial charge on any atom is -0.507 e. The number of carboxylic acids is 1. The first-order valence-electron chi connectivity index (χ1n) is 13.3. The molecule has 0 amide bonds. The van der Waals surface area contributed by atoms with Crippen molar-refractivity contribution in [3.05, 3.63) is 103 Å². The van der Waals surface area contributed by atoms with Gasteiger partial charge in [-0.3, -0.25) is 4.55 Å². The topological polar surface area (TPSA) is 247 Å². The molecule has 16 heteroatoms. The quantitative estimate of drug-likeness (QED) is 0.0658. The van der Waals surface area contributed by atoms with E-state index in [9.17, 15) is 38.2 Å². The van der Waals surface area contributed by atoms with Crippen LogP contribution in [0.25, 0.3) is 11.1 Å². The fourth-order valence-electron chi connectivity index (χ4n) is 4.08. The van der Waals surface area contributed by atoms with Crippen molar-refractivity contribution in [3.8, 4) is 34.1 Å². The van der Waals surface area contributed by atoms with Crippen LogP contribution in [0.1, 0.15) is 10.4 Å². The number of phenols is 4. The van der Waals surface area contributed by atoms with E-state index in [1.165, 1.54) is 30.3 Å². The summed E-state index contributed by atoms with van der Waals surface area (Å²) in [7, 11) is -4.74. The highest BCUT2D eigenvalue weighted by Crippen LogP contribution is 2.45. The molecule has 0 saturated carbocycles. The van der Waals surface area contributed by atoms with Crippen LogP contribution in [0.3, 0.4) is 0 Å². The zero-order valence-electron chi connectivity index (χ0n) is 23.7. The van der Waals surface area contributed by atoms with Crippen LogP contribution in [0.2, 0.25) is 0 Å². The maximum Gasteiger partial charge on any atom is 0.339 e. The molecule has 47 heavy (non-hydrogen) atoms. The largest absolute Gasteiger partial charge is 0.507 e. The van der Waals surface area contributed by atoms with Crippen molar-refractivity contribution in [1.29, 1.82) is 0 Å². The minimum atomic E-state index is -4.74. The highest BCUT2D eigenvalue weighted by molar-refractivity contribution is 7.86. The summed E-state index contributed by atoms with van der Waals surface area (Å²) in [5.74, 6) is -3.32. The first-order valence-corrected chi connectivity index (χ1v) is 14.7. The molecule has 236 valence electrons. The molecule has 5 aromatic rings. The smallest absolute Gasteiger partial charge is 0.339 e. The summed E-state index contributed by atoms with van der Waals surface area (Å²) < 4.78 is 32.7. The Labute approximate surface area is 265 Å². The van der Waals surface area contributed by atoms with Gasteiger partial charge in [-0.25, -0.2) is 4.79 Å². The van der Waals surface area contributed by atoms with Crippen LogP contribution in [0.15, 0.2) is 133 Å². The van der Waals surface area contributed by atoms with Gasteiger partial charge in [-0.15, -0.1) is 15.3 Å². The van der Waals surface area contributed by atoms with E-state index in [-0.39, 0.29) is 28.4 Å². The molecule has 0 aliphatic carbocycles. The lowest BCUT2D eigenvalue weighted by Gasteiger charge is -2.06. The van der Waals surface area contributed by atoms with Crippen LogP contribution in [0.4, 0.5) is 34.1 Å². The second kappa shape index (κ2) is 13.2. The number of benzene rings is 5. The standard InChI is InChI=1S/C31H22N6O9S/c38-24-14-12-21(16-22(24)31(42)43)34-32-19-8-4-17(5-9-19)18-6-10-20(11-7-18)33-37-29-26(40)15-13-23(30(29)41)35-36-28-25(39)2-1-3-27(28)47(44,45)46/h1-16,38-41H,(H,42,43)(H,44,45,46). The van der Waals surface area contributed by atoms with Crippen LogP contribution < -0.4 is 0 Å². The van der Waals surface area contributed by atoms with Gasteiger partial charge in [0.25, 0.3) is 10.1 Å². The number of nitrogens with zero attached hydrogens (tertiary/aromatic N) is 6. The summed E-state index contributed by atoms with van der Waals surface area (Å²) in [6.45, 7) is 0. The fraction of sp³-hybridized carbons (Fsp3) is 0. The van der Waals surface area contributed by atoms with Crippen molar-refractivity contribution >= 4 is 50.2 Å². The van der Waals surface area contributed by atoms with Gasteiger partial charge in [0.2, 0.25) is 0 Å². The maximum atomic E-state index is 11.6. The molecular formula is C31H22N6O9S. The van der Waals surface area contributed by atoms with Gasteiger partial charge in [0.05, 0.1) is 17.1 Å². The molecule has 0 fully saturated rings. The second-order valence-electron chi connectivity index (χ2n) is 9.60. The van der Waals surface area contributed by atoms with Gasteiger partial charge in [-0.05, 0) is 77.9 Å². The molecule has 0 aromatic heterocycles. The van der Waals surface area contributed by atoms with E-state index in [4.69, 9.17) is 5.11 Å². The van der Waals surface area contributed by atoms with Crippen molar-refractivity contribution in [2.45, 2.75) is 4.90 Å². The van der Waals surface area contributed by atoms with Gasteiger partial charge >= 0.3 is 5.97 Å². The van der Waals surface area contributed by atoms with E-state index in [0.717, 1.165) is 29.3 Å². The Kier molecular flexibility index (Phi) is 8.97. The number of azo groups is 3. The van der Waals surface area contributed by atoms with Crippen molar-refractivity contribution in [3.63, 3.8) is 0 Å². The predicted octanol–water partition coefficient (Wildman–Crippen LogP) is 8.37. The third-order valence-electron chi connectivity index (χ3n) is 6.45. The van der Waals surface area contributed by atoms with Gasteiger partial charge in [-0.1, -0.05) is 30.3 Å². The molecule has 5 aromatic carbocycles. The average molecular weight is 655 g/mol. The molecule has 5 rings (SSSR count). The van der Waals surface area contributed by atoms with Crippen molar-refractivity contribution < 1.29 is 43.3 Å². The van der Waals surface area contributed by atoms with Gasteiger partial charge in [-0.2, -0.15) is 23.8 Å². The number of phenolic OH excluding ortho intramolecular Hbond substituents is 3. The van der Waals surface area contributed by atoms with E-state index < -0.39 is 43.9 Å². The Morgan fingerprint density at radius 2 is 1.06 bits per heavy atom. The molecule has 0 radical (unpaired) electrons. The van der Waals surface area contributed by atoms with E-state index in [1.807, 2.05) is 0 Å². The van der Waals surface area contributed by atoms with Crippen LogP contribution >= 0.6 is 0 Å². The highest BCUT2D eigenvalue weighted by atomic mass is 32.2. The van der Waals surface area contributed by atoms with Crippen LogP contribution in [0.5, 0.6) is 23.0 Å². The van der Waals surface area contributed by atoms with E-state index in [2.05, 4.69) is 30.7 Å². The second-order valence-corrected chi connectivity index (χ2v) is 11.0. The summed E-state index contributed by atoms with van der Waals surface area (Å²) in [5, 5.41) is 73.1. The lowest BCUT2D eigenvalue weighted by Crippen LogP contribution is -1.98. The molecule has 0 spiro atoms. The Bertz CT molecular complexity index is 2190.